The number of carbonyl (C=O) groups is 15. The summed E-state index contributed by atoms with van der Waals surface area (Å²) in [6, 6.07) is 15.8. The SMILES string of the molecule is C=C(C)C(=O)OCC(C)C(=O)OCC(C)C(=O)OCCCS.C=C(C)C(=O)OCC(COCC(S)COCC(COC(=O)C(=C)C)OC(=O)C(=C)C)OC(=O)C(=C)C.C=C(C)C(=O)OCC(S)COC(=O)C(=C)C.C=C(C)C(=O)OCC(S)COc1ccc(C(C)(C)c2ccc(OCC(S)COC(=O)C(=C)C)cc2)cc1.C=C(C)C(=O)OCC(S)CSSCC(S)COC(=O)C(=C)C.C=CC(=O)OCC(S)COC(=O)C(=C)C. The van der Waals surface area contributed by atoms with Crippen LogP contribution in [0.3, 0.4) is 0 Å². The molecule has 0 fully saturated rings. The van der Waals surface area contributed by atoms with Gasteiger partial charge in [-0.1, -0.05) is 145 Å². The highest BCUT2D eigenvalue weighted by atomic mass is 33.1. The minimum atomic E-state index is -0.868. The predicted octanol–water partition coefficient (Wildman–Crippen LogP) is 15.8. The molecule has 0 saturated heterocycles. The van der Waals surface area contributed by atoms with Crippen LogP contribution in [0.4, 0.5) is 0 Å². The van der Waals surface area contributed by atoms with Gasteiger partial charge in [0.25, 0.3) is 0 Å². The summed E-state index contributed by atoms with van der Waals surface area (Å²) in [6.45, 7) is 72.6. The van der Waals surface area contributed by atoms with Crippen LogP contribution in [0.2, 0.25) is 0 Å². The predicted molar refractivity (Wildman–Crippen MR) is 599 cm³/mol. The molecule has 44 heteroatoms. The summed E-state index contributed by atoms with van der Waals surface area (Å²) < 4.78 is 97.4. The van der Waals surface area contributed by atoms with Crippen LogP contribution in [0.5, 0.6) is 11.5 Å². The lowest BCUT2D eigenvalue weighted by atomic mass is 9.78. The Morgan fingerprint density at radius 2 is 0.514 bits per heavy atom. The molecule has 0 aliphatic rings. The van der Waals surface area contributed by atoms with Crippen molar-refractivity contribution < 1.29 is 162 Å². The number of carbonyl (C=O) groups excluding carboxylic acids is 15. The highest BCUT2D eigenvalue weighted by Crippen LogP contribution is 2.34. The van der Waals surface area contributed by atoms with Crippen LogP contribution in [0.15, 0.2) is 207 Å². The number of benzene rings is 2. The first-order valence-corrected chi connectivity index (χ1v) is 52.1. The lowest BCUT2D eigenvalue weighted by molar-refractivity contribution is -0.159. The molecule has 2 aromatic carbocycles. The smallest absolute Gasteiger partial charge is 0.333 e. The zero-order valence-electron chi connectivity index (χ0n) is 87.3. The molecule has 0 saturated carbocycles. The van der Waals surface area contributed by atoms with E-state index in [9.17, 15) is 71.9 Å². The molecule has 0 aliphatic heterocycles. The summed E-state index contributed by atoms with van der Waals surface area (Å²) >= 11 is 34.1. The van der Waals surface area contributed by atoms with E-state index in [4.69, 9.17) is 90.0 Å². The largest absolute Gasteiger partial charge is 0.492 e. The van der Waals surface area contributed by atoms with Crippen molar-refractivity contribution in [2.75, 3.05) is 143 Å². The first-order chi connectivity index (χ1) is 69.0. The van der Waals surface area contributed by atoms with Gasteiger partial charge in [-0.25, -0.2) is 62.3 Å². The summed E-state index contributed by atoms with van der Waals surface area (Å²) in [5, 5.41) is -1.69. The average Bonchev–Trinajstić information content (AvgIpc) is 0.800. The molecule has 0 spiro atoms. The van der Waals surface area contributed by atoms with E-state index < -0.39 is 119 Å². The number of hydrogen-bond donors (Lipinski definition) is 8. The molecule has 148 heavy (non-hydrogen) atoms. The van der Waals surface area contributed by atoms with E-state index in [2.05, 4.69) is 200 Å². The Bertz CT molecular complexity index is 4530. The Balaban J connectivity index is -0.000000869. The van der Waals surface area contributed by atoms with Crippen molar-refractivity contribution in [2.45, 2.75) is 172 Å². The average molecular weight is 2260 g/mol. The Morgan fingerprint density at radius 3 is 0.770 bits per heavy atom. The fourth-order valence-electron chi connectivity index (χ4n) is 8.56. The fourth-order valence-corrected chi connectivity index (χ4v) is 13.0. The number of rotatable bonds is 65. The highest BCUT2D eigenvalue weighted by Gasteiger charge is 2.28. The molecule has 2 rings (SSSR count). The van der Waals surface area contributed by atoms with Crippen molar-refractivity contribution in [3.05, 3.63) is 218 Å². The third-order valence-electron chi connectivity index (χ3n) is 17.1. The summed E-state index contributed by atoms with van der Waals surface area (Å²) in [6.07, 6.45) is -0.00634. The van der Waals surface area contributed by atoms with Gasteiger partial charge in [0.1, 0.15) is 104 Å². The highest BCUT2D eigenvalue weighted by molar-refractivity contribution is 8.76. The van der Waals surface area contributed by atoms with Crippen molar-refractivity contribution in [3.63, 3.8) is 0 Å². The minimum absolute atomic E-state index is 0.0413. The maximum atomic E-state index is 11.8. The second-order valence-electron chi connectivity index (χ2n) is 33.4. The van der Waals surface area contributed by atoms with Crippen LogP contribution in [0, 0.1) is 11.8 Å². The third-order valence-corrected chi connectivity index (χ3v) is 22.6. The van der Waals surface area contributed by atoms with E-state index in [0.717, 1.165) is 28.7 Å². The van der Waals surface area contributed by atoms with Gasteiger partial charge in [-0.15, -0.1) is 0 Å². The zero-order valence-corrected chi connectivity index (χ0v) is 96.1. The minimum Gasteiger partial charge on any atom is -0.492 e. The van der Waals surface area contributed by atoms with Gasteiger partial charge in [-0.3, -0.25) is 9.59 Å². The lowest BCUT2D eigenvalue weighted by Gasteiger charge is -2.26. The summed E-state index contributed by atoms with van der Waals surface area (Å²) in [4.78, 5) is 170. The van der Waals surface area contributed by atoms with Crippen LogP contribution in [0.1, 0.15) is 128 Å². The van der Waals surface area contributed by atoms with Gasteiger partial charge in [0.05, 0.1) is 65.9 Å². The number of ether oxygens (including phenoxy) is 19. The van der Waals surface area contributed by atoms with Crippen molar-refractivity contribution in [1.29, 1.82) is 0 Å². The second kappa shape index (κ2) is 82.9. The Hall–Kier alpha value is -9.87. The fraction of sp³-hybridized carbons (Fsp3) is 0.490. The maximum absolute atomic E-state index is 11.8. The quantitative estimate of drug-likeness (QED) is 0.00761. The Morgan fingerprint density at radius 1 is 0.291 bits per heavy atom. The van der Waals surface area contributed by atoms with Gasteiger partial charge in [-0.05, 0) is 144 Å². The van der Waals surface area contributed by atoms with E-state index in [0.29, 0.717) is 82.5 Å². The molecule has 0 aromatic heterocycles. The Labute approximate surface area is 923 Å². The second-order valence-corrected chi connectivity index (χ2v) is 41.5. The number of esters is 15. The first kappa shape index (κ1) is 144. The maximum Gasteiger partial charge on any atom is 0.333 e. The van der Waals surface area contributed by atoms with Crippen LogP contribution < -0.4 is 9.47 Å². The molecule has 0 amide bonds. The van der Waals surface area contributed by atoms with E-state index in [1.165, 1.54) is 34.6 Å². The van der Waals surface area contributed by atoms with Gasteiger partial charge in [0, 0.05) is 106 Å². The topological polar surface area (TPSA) is 431 Å². The number of thiol groups is 8. The molecular formula is C104H148O34S10. The van der Waals surface area contributed by atoms with Gasteiger partial charge in [0.15, 0.2) is 12.2 Å². The molecule has 0 heterocycles. The van der Waals surface area contributed by atoms with Gasteiger partial charge < -0.3 is 90.0 Å². The van der Waals surface area contributed by atoms with Crippen LogP contribution in [-0.2, 0) is 158 Å². The van der Waals surface area contributed by atoms with E-state index in [1.807, 2.05) is 48.5 Å². The molecule has 9 atom stereocenters. The van der Waals surface area contributed by atoms with E-state index in [1.54, 1.807) is 83.9 Å². The molecule has 0 aliphatic carbocycles. The van der Waals surface area contributed by atoms with Gasteiger partial charge >= 0.3 is 89.5 Å². The summed E-state index contributed by atoms with van der Waals surface area (Å²) in [5.41, 5.74) is 5.46. The lowest BCUT2D eigenvalue weighted by Crippen LogP contribution is -2.32. The number of hydrogen-bond acceptors (Lipinski definition) is 44. The van der Waals surface area contributed by atoms with Crippen LogP contribution in [-0.4, -0.2) is 281 Å². The molecule has 9 unspecified atom stereocenters. The zero-order chi connectivity index (χ0) is 114. The summed E-state index contributed by atoms with van der Waals surface area (Å²) in [7, 11) is 3.22. The van der Waals surface area contributed by atoms with Crippen molar-refractivity contribution in [1.82, 2.24) is 0 Å². The van der Waals surface area contributed by atoms with Crippen LogP contribution in [0.25, 0.3) is 0 Å². The molecule has 34 nitrogen and oxygen atoms in total. The van der Waals surface area contributed by atoms with Crippen molar-refractivity contribution >= 4 is 212 Å². The Kier molecular flexibility index (Phi) is 80.8. The molecule has 828 valence electrons. The standard InChI is InChI=1S/C29H36O6S2.C25H36O10S.C15H24O6S.C14H22O4S4.C11H16O4S.C10H14O4S/c1-19(2)27(30)34-17-25(36)15-32-23-11-7-21(8-12-23)29(5,6)22-9-13-24(14-10-22)33-16-26(37)18-35-28(31)20(3)4;1-15(2)22(26)32-11-19(34-24(28)17(5)6)9-30-13-21(36)14-31-10-20(35-25(29)18(7)8)12-33-23(27)16(3)4;1-10(2)13(16)20-8-12(4)15(18)21-9-11(3)14(17)19-6-5-7-22;1-9(2)13(15)17-5-11(19)7-21-22-8-12(20)6-18-14(16)10(3)4;1-7(2)10(12)14-5-9(16)6-15-11(13)8(3)4;1-4-9(11)13-5-8(15)6-14-10(12)7(2)3/h7-14,25-26,36-37H,1,3,15-18H2,2,4-6H3;19-21,36H,1,3,5,7,9-14H2,2,4,6,8H3;11-12,22H,1,5-9H2,2-4H3;11-12,19-20H,1,3,5-8H2,2,4H3;9,16H,1,3,5-6H2,2,4H3;4,8,15H,1-2,5-6H2,3H3. The van der Waals surface area contributed by atoms with E-state index >= 15 is 0 Å². The van der Waals surface area contributed by atoms with Crippen molar-refractivity contribution in [3.8, 4) is 11.5 Å². The molecule has 0 bridgehead atoms. The molecular weight excluding hydrogens is 2110 g/mol. The van der Waals surface area contributed by atoms with Crippen LogP contribution >= 0.6 is 123 Å². The summed E-state index contributed by atoms with van der Waals surface area (Å²) in [5.74, 6) is -5.34. The molecule has 2 aromatic rings. The normalized spacial score (nSPS) is 12.4. The van der Waals surface area contributed by atoms with Gasteiger partial charge in [-0.2, -0.15) is 101 Å². The first-order valence-electron chi connectivity index (χ1n) is 45.3. The van der Waals surface area contributed by atoms with Gasteiger partial charge in [0.2, 0.25) is 0 Å². The van der Waals surface area contributed by atoms with E-state index in [-0.39, 0.29) is 170 Å². The van der Waals surface area contributed by atoms with Crippen molar-refractivity contribution in [2.24, 2.45) is 11.8 Å². The monoisotopic (exact) mass is 2260 g/mol. The third kappa shape index (κ3) is 74.9. The molecule has 0 N–H and O–H groups in total. The molecule has 0 radical (unpaired) electrons.